The van der Waals surface area contributed by atoms with E-state index in [9.17, 15) is 0 Å². The molecule has 0 saturated heterocycles. The van der Waals surface area contributed by atoms with Crippen LogP contribution in [-0.4, -0.2) is 24.8 Å². The van der Waals surface area contributed by atoms with Crippen LogP contribution in [0.3, 0.4) is 0 Å². The van der Waals surface area contributed by atoms with E-state index in [2.05, 4.69) is 23.1 Å². The second-order valence-electron chi connectivity index (χ2n) is 2.03. The van der Waals surface area contributed by atoms with Gasteiger partial charge in [-0.05, 0) is 0 Å². The summed E-state index contributed by atoms with van der Waals surface area (Å²) in [6.45, 7) is 7.90. The van der Waals surface area contributed by atoms with Crippen LogP contribution in [0.5, 0.6) is 0 Å². The molecule has 0 amide bonds. The molecule has 0 aromatic rings. The zero-order valence-corrected chi connectivity index (χ0v) is 7.03. The second-order valence-corrected chi connectivity index (χ2v) is 2.03. The van der Waals surface area contributed by atoms with Crippen molar-refractivity contribution >= 4 is 11.7 Å². The molecule has 0 unspecified atom stereocenters. The molecule has 0 aliphatic rings. The summed E-state index contributed by atoms with van der Waals surface area (Å²) in [6.07, 6.45) is 3.27. The lowest BCUT2D eigenvalue weighted by molar-refractivity contribution is 1.21. The van der Waals surface area contributed by atoms with Crippen molar-refractivity contribution in [3.05, 3.63) is 25.3 Å². The van der Waals surface area contributed by atoms with E-state index in [1.807, 2.05) is 0 Å². The van der Waals surface area contributed by atoms with Gasteiger partial charge in [0.2, 0.25) is 0 Å². The van der Waals surface area contributed by atoms with Crippen LogP contribution in [0.15, 0.2) is 35.3 Å². The highest BCUT2D eigenvalue weighted by molar-refractivity contribution is 6.39. The third-order valence-electron chi connectivity index (χ3n) is 1.04. The van der Waals surface area contributed by atoms with Crippen LogP contribution in [0.4, 0.5) is 0 Å². The van der Waals surface area contributed by atoms with E-state index in [-0.39, 0.29) is 11.7 Å². The van der Waals surface area contributed by atoms with Crippen molar-refractivity contribution in [1.29, 1.82) is 0 Å². The summed E-state index contributed by atoms with van der Waals surface area (Å²) < 4.78 is 0. The summed E-state index contributed by atoms with van der Waals surface area (Å²) >= 11 is 0. The molecule has 0 radical (unpaired) electrons. The lowest BCUT2D eigenvalue weighted by atomic mass is 10.5. The first-order valence-electron chi connectivity index (χ1n) is 3.54. The maximum atomic E-state index is 5.46. The highest BCUT2D eigenvalue weighted by Gasteiger charge is 1.94. The number of amidine groups is 2. The summed E-state index contributed by atoms with van der Waals surface area (Å²) in [7, 11) is 0. The molecule has 0 heterocycles. The molecule has 0 saturated carbocycles. The van der Waals surface area contributed by atoms with E-state index < -0.39 is 0 Å². The summed E-state index contributed by atoms with van der Waals surface area (Å²) in [4.78, 5) is 7.76. The Hall–Kier alpha value is -1.58. The van der Waals surface area contributed by atoms with Crippen LogP contribution in [0.25, 0.3) is 0 Å². The minimum atomic E-state index is 0.247. The minimum Gasteiger partial charge on any atom is -0.381 e. The molecular weight excluding hydrogens is 152 g/mol. The van der Waals surface area contributed by atoms with Crippen molar-refractivity contribution in [2.75, 3.05) is 13.1 Å². The smallest absolute Gasteiger partial charge is 0.161 e. The zero-order valence-electron chi connectivity index (χ0n) is 7.03. The Kier molecular flexibility index (Phi) is 5.34. The molecule has 0 aromatic heterocycles. The maximum Gasteiger partial charge on any atom is 0.161 e. The highest BCUT2D eigenvalue weighted by Crippen LogP contribution is 1.77. The Bertz CT molecular complexity index is 191. The minimum absolute atomic E-state index is 0.247. The van der Waals surface area contributed by atoms with Crippen LogP contribution >= 0.6 is 0 Å². The van der Waals surface area contributed by atoms with Gasteiger partial charge in [0, 0.05) is 0 Å². The predicted molar refractivity (Wildman–Crippen MR) is 53.4 cm³/mol. The second kappa shape index (κ2) is 6.15. The standard InChI is InChI=1S/C8H14N4/c1-3-5-11-7(9)8(10)12-6-4-2/h3-4H,1-2,5-6H2,(H2,9,11)(H2,10,12). The molecule has 0 aliphatic carbocycles. The summed E-state index contributed by atoms with van der Waals surface area (Å²) in [5.74, 6) is 0.494. The maximum absolute atomic E-state index is 5.46. The lowest BCUT2D eigenvalue weighted by Gasteiger charge is -1.97. The molecule has 0 fully saturated rings. The third-order valence-corrected chi connectivity index (χ3v) is 1.04. The van der Waals surface area contributed by atoms with Gasteiger partial charge in [0.25, 0.3) is 0 Å². The summed E-state index contributed by atoms with van der Waals surface area (Å²) in [5.41, 5.74) is 10.9. The first kappa shape index (κ1) is 10.4. The topological polar surface area (TPSA) is 76.8 Å². The van der Waals surface area contributed by atoms with Gasteiger partial charge in [-0.1, -0.05) is 12.2 Å². The SMILES string of the molecule is C=CCN=C(N)C(N)=NCC=C. The molecule has 4 N–H and O–H groups in total. The van der Waals surface area contributed by atoms with Gasteiger partial charge >= 0.3 is 0 Å². The van der Waals surface area contributed by atoms with Gasteiger partial charge in [-0.25, -0.2) is 0 Å². The van der Waals surface area contributed by atoms with Gasteiger partial charge in [-0.15, -0.1) is 13.2 Å². The fourth-order valence-electron chi connectivity index (χ4n) is 0.488. The van der Waals surface area contributed by atoms with Gasteiger partial charge in [0.1, 0.15) is 0 Å². The number of rotatable bonds is 4. The highest BCUT2D eigenvalue weighted by atomic mass is 15.0. The first-order valence-corrected chi connectivity index (χ1v) is 3.54. The molecule has 0 atom stereocenters. The number of hydrogen-bond acceptors (Lipinski definition) is 2. The van der Waals surface area contributed by atoms with E-state index in [4.69, 9.17) is 11.5 Å². The van der Waals surface area contributed by atoms with Gasteiger partial charge in [0.15, 0.2) is 11.7 Å². The van der Waals surface area contributed by atoms with Crippen molar-refractivity contribution < 1.29 is 0 Å². The summed E-state index contributed by atoms with van der Waals surface area (Å²) in [6, 6.07) is 0. The van der Waals surface area contributed by atoms with Crippen LogP contribution in [0.1, 0.15) is 0 Å². The number of hydrogen-bond donors (Lipinski definition) is 2. The Labute approximate surface area is 72.4 Å². The van der Waals surface area contributed by atoms with Crippen molar-refractivity contribution in [2.45, 2.75) is 0 Å². The van der Waals surface area contributed by atoms with Gasteiger partial charge < -0.3 is 11.5 Å². The molecule has 0 rings (SSSR count). The lowest BCUT2D eigenvalue weighted by Crippen LogP contribution is -2.31. The van der Waals surface area contributed by atoms with E-state index in [0.29, 0.717) is 13.1 Å². The van der Waals surface area contributed by atoms with E-state index in [0.717, 1.165) is 0 Å². The Morgan fingerprint density at radius 1 is 1.00 bits per heavy atom. The average Bonchev–Trinajstić information content (AvgIpc) is 2.10. The largest absolute Gasteiger partial charge is 0.381 e. The number of nitrogens with zero attached hydrogens (tertiary/aromatic N) is 2. The molecule has 4 nitrogen and oxygen atoms in total. The average molecular weight is 166 g/mol. The fourth-order valence-corrected chi connectivity index (χ4v) is 0.488. The van der Waals surface area contributed by atoms with E-state index in [1.54, 1.807) is 12.2 Å². The molecule has 0 bridgehead atoms. The number of nitrogens with two attached hydrogens (primary N) is 2. The number of aliphatic imine (C=N–C) groups is 2. The van der Waals surface area contributed by atoms with Gasteiger partial charge in [0.05, 0.1) is 13.1 Å². The quantitative estimate of drug-likeness (QED) is 0.352. The van der Waals surface area contributed by atoms with Gasteiger partial charge in [-0.3, -0.25) is 9.98 Å². The monoisotopic (exact) mass is 166 g/mol. The molecule has 12 heavy (non-hydrogen) atoms. The van der Waals surface area contributed by atoms with Crippen molar-refractivity contribution in [3.8, 4) is 0 Å². The molecule has 0 aromatic carbocycles. The molecule has 0 spiro atoms. The van der Waals surface area contributed by atoms with Crippen LogP contribution < -0.4 is 11.5 Å². The zero-order chi connectivity index (χ0) is 9.40. The predicted octanol–water partition coefficient (Wildman–Crippen LogP) is 0.0728. The Balaban J connectivity index is 4.15. The van der Waals surface area contributed by atoms with Crippen LogP contribution in [0, 0.1) is 0 Å². The molecule has 66 valence electrons. The Morgan fingerprint density at radius 2 is 1.33 bits per heavy atom. The summed E-state index contributed by atoms with van der Waals surface area (Å²) in [5, 5.41) is 0. The van der Waals surface area contributed by atoms with Crippen LogP contribution in [-0.2, 0) is 0 Å². The van der Waals surface area contributed by atoms with Gasteiger partial charge in [-0.2, -0.15) is 0 Å². The Morgan fingerprint density at radius 3 is 1.58 bits per heavy atom. The molecule has 4 heteroatoms. The van der Waals surface area contributed by atoms with Crippen molar-refractivity contribution in [3.63, 3.8) is 0 Å². The van der Waals surface area contributed by atoms with Crippen LogP contribution in [0.2, 0.25) is 0 Å². The first-order chi connectivity index (χ1) is 5.72. The fraction of sp³-hybridized carbons (Fsp3) is 0.250. The molecular formula is C8H14N4. The molecule has 0 aliphatic heterocycles. The van der Waals surface area contributed by atoms with Crippen molar-refractivity contribution in [1.82, 2.24) is 0 Å². The van der Waals surface area contributed by atoms with E-state index in [1.165, 1.54) is 0 Å². The van der Waals surface area contributed by atoms with E-state index >= 15 is 0 Å². The normalized spacial score (nSPS) is 12.7. The third kappa shape index (κ3) is 4.27. The van der Waals surface area contributed by atoms with Crippen molar-refractivity contribution in [2.24, 2.45) is 21.5 Å².